The lowest BCUT2D eigenvalue weighted by Crippen LogP contribution is -2.33. The second-order valence-electron chi connectivity index (χ2n) is 3.28. The molecule has 0 spiro atoms. The highest BCUT2D eigenvalue weighted by molar-refractivity contribution is 7.13. The first-order valence-corrected chi connectivity index (χ1v) is 5.35. The lowest BCUT2D eigenvalue weighted by Gasteiger charge is -2.25. The summed E-state index contributed by atoms with van der Waals surface area (Å²) < 4.78 is 0. The third-order valence-electron chi connectivity index (χ3n) is 1.84. The zero-order valence-electron chi connectivity index (χ0n) is 8.40. The highest BCUT2D eigenvalue weighted by Gasteiger charge is 2.13. The fraction of sp³-hybridized carbons (Fsp3) is 0.625. The third-order valence-corrected chi connectivity index (χ3v) is 2.57. The van der Waals surface area contributed by atoms with Crippen molar-refractivity contribution in [3.05, 3.63) is 5.51 Å². The van der Waals surface area contributed by atoms with Crippen LogP contribution >= 0.6 is 11.3 Å². The zero-order valence-corrected chi connectivity index (χ0v) is 9.21. The normalized spacial score (nSPS) is 10.5. The Hall–Kier alpha value is -1.17. The van der Waals surface area contributed by atoms with Crippen LogP contribution in [0, 0.1) is 5.41 Å². The number of hydrogen-bond donors (Lipinski definition) is 2. The molecule has 6 heteroatoms. The highest BCUT2D eigenvalue weighted by Crippen LogP contribution is 2.18. The summed E-state index contributed by atoms with van der Waals surface area (Å²) in [4.78, 5) is 2.10. The van der Waals surface area contributed by atoms with Crippen molar-refractivity contribution in [3.8, 4) is 0 Å². The largest absolute Gasteiger partial charge is 0.388 e. The second-order valence-corrected chi connectivity index (χ2v) is 4.10. The van der Waals surface area contributed by atoms with Crippen LogP contribution in [0.1, 0.15) is 20.3 Å². The Bertz CT molecular complexity index is 282. The molecule has 0 fully saturated rings. The number of nitrogens with zero attached hydrogens (tertiary/aromatic N) is 3. The SMILES string of the molecule is CC(C)N(CCC(=N)N)c1nncs1. The van der Waals surface area contributed by atoms with Gasteiger partial charge in [-0.25, -0.2) is 0 Å². The number of nitrogens with one attached hydrogen (secondary N) is 1. The summed E-state index contributed by atoms with van der Waals surface area (Å²) in [5.41, 5.74) is 7.03. The lowest BCUT2D eigenvalue weighted by atomic mass is 10.3. The zero-order chi connectivity index (χ0) is 10.6. The number of nitrogens with two attached hydrogens (primary N) is 1. The summed E-state index contributed by atoms with van der Waals surface area (Å²) in [5.74, 6) is 0.208. The standard InChI is InChI=1S/C8H15N5S/c1-6(2)13(4-3-7(9)10)8-12-11-5-14-8/h5-6H,3-4H2,1-2H3,(H3,9,10). The molecule has 0 aliphatic carbocycles. The Labute approximate surface area is 87.5 Å². The van der Waals surface area contributed by atoms with Gasteiger partial charge in [-0.05, 0) is 13.8 Å². The summed E-state index contributed by atoms with van der Waals surface area (Å²) >= 11 is 1.50. The molecule has 1 aromatic rings. The molecule has 0 saturated carbocycles. The molecule has 1 rings (SSSR count). The molecule has 3 N–H and O–H groups in total. The van der Waals surface area contributed by atoms with E-state index in [9.17, 15) is 0 Å². The molecule has 14 heavy (non-hydrogen) atoms. The Morgan fingerprint density at radius 3 is 2.86 bits per heavy atom. The van der Waals surface area contributed by atoms with Crippen LogP contribution < -0.4 is 10.6 Å². The van der Waals surface area contributed by atoms with Gasteiger partial charge in [0.15, 0.2) is 0 Å². The quantitative estimate of drug-likeness (QED) is 0.566. The van der Waals surface area contributed by atoms with Gasteiger partial charge in [0.05, 0.1) is 5.84 Å². The molecule has 0 atom stereocenters. The van der Waals surface area contributed by atoms with E-state index in [4.69, 9.17) is 11.1 Å². The van der Waals surface area contributed by atoms with Gasteiger partial charge in [-0.2, -0.15) is 0 Å². The van der Waals surface area contributed by atoms with Crippen molar-refractivity contribution in [2.45, 2.75) is 26.3 Å². The van der Waals surface area contributed by atoms with E-state index in [2.05, 4.69) is 28.9 Å². The van der Waals surface area contributed by atoms with Crippen molar-refractivity contribution in [1.29, 1.82) is 5.41 Å². The molecule has 1 aromatic heterocycles. The molecule has 0 amide bonds. The summed E-state index contributed by atoms with van der Waals surface area (Å²) in [6.45, 7) is 4.89. The van der Waals surface area contributed by atoms with Gasteiger partial charge in [-0.1, -0.05) is 11.3 Å². The molecule has 0 aromatic carbocycles. The smallest absolute Gasteiger partial charge is 0.208 e. The van der Waals surface area contributed by atoms with Crippen molar-refractivity contribution in [2.75, 3.05) is 11.4 Å². The topological polar surface area (TPSA) is 78.9 Å². The van der Waals surface area contributed by atoms with Gasteiger partial charge in [-0.3, -0.25) is 5.41 Å². The molecular formula is C8H15N5S. The van der Waals surface area contributed by atoms with Crippen LogP contribution in [-0.2, 0) is 0 Å². The van der Waals surface area contributed by atoms with E-state index in [1.54, 1.807) is 5.51 Å². The number of aromatic nitrogens is 2. The third kappa shape index (κ3) is 2.95. The van der Waals surface area contributed by atoms with Gasteiger partial charge in [0.2, 0.25) is 5.13 Å². The van der Waals surface area contributed by atoms with Crippen molar-refractivity contribution >= 4 is 22.3 Å². The highest BCUT2D eigenvalue weighted by atomic mass is 32.1. The maximum Gasteiger partial charge on any atom is 0.208 e. The van der Waals surface area contributed by atoms with E-state index in [0.717, 1.165) is 11.7 Å². The first kappa shape index (κ1) is 10.9. The molecule has 78 valence electrons. The predicted octanol–water partition coefficient (Wildman–Crippen LogP) is 1.08. The van der Waals surface area contributed by atoms with E-state index in [1.165, 1.54) is 11.3 Å². The van der Waals surface area contributed by atoms with Crippen molar-refractivity contribution in [1.82, 2.24) is 10.2 Å². The van der Waals surface area contributed by atoms with Crippen LogP contribution in [0.3, 0.4) is 0 Å². The van der Waals surface area contributed by atoms with Crippen molar-refractivity contribution in [3.63, 3.8) is 0 Å². The number of amidine groups is 1. The Morgan fingerprint density at radius 2 is 2.43 bits per heavy atom. The molecule has 0 unspecified atom stereocenters. The number of rotatable bonds is 5. The summed E-state index contributed by atoms with van der Waals surface area (Å²) in [7, 11) is 0. The molecule has 0 radical (unpaired) electrons. The van der Waals surface area contributed by atoms with Gasteiger partial charge >= 0.3 is 0 Å². The molecule has 0 bridgehead atoms. The Kier molecular flexibility index (Phi) is 3.82. The predicted molar refractivity (Wildman–Crippen MR) is 58.9 cm³/mol. The molecule has 1 heterocycles. The summed E-state index contributed by atoms with van der Waals surface area (Å²) in [6.07, 6.45) is 0.567. The van der Waals surface area contributed by atoms with Gasteiger partial charge in [-0.15, -0.1) is 10.2 Å². The molecule has 0 aliphatic heterocycles. The van der Waals surface area contributed by atoms with E-state index < -0.39 is 0 Å². The van der Waals surface area contributed by atoms with E-state index >= 15 is 0 Å². The van der Waals surface area contributed by atoms with Crippen LogP contribution in [0.4, 0.5) is 5.13 Å². The average molecular weight is 213 g/mol. The number of anilines is 1. The van der Waals surface area contributed by atoms with Crippen LogP contribution in [-0.4, -0.2) is 28.6 Å². The Morgan fingerprint density at radius 1 is 1.71 bits per heavy atom. The molecular weight excluding hydrogens is 198 g/mol. The molecule has 0 aliphatic rings. The molecule has 5 nitrogen and oxygen atoms in total. The van der Waals surface area contributed by atoms with Crippen LogP contribution in [0.15, 0.2) is 5.51 Å². The van der Waals surface area contributed by atoms with E-state index in [-0.39, 0.29) is 5.84 Å². The van der Waals surface area contributed by atoms with Crippen molar-refractivity contribution in [2.24, 2.45) is 5.73 Å². The average Bonchev–Trinajstić information content (AvgIpc) is 2.56. The van der Waals surface area contributed by atoms with Gasteiger partial charge < -0.3 is 10.6 Å². The fourth-order valence-electron chi connectivity index (χ4n) is 1.11. The first-order valence-electron chi connectivity index (χ1n) is 4.47. The van der Waals surface area contributed by atoms with Crippen LogP contribution in [0.2, 0.25) is 0 Å². The van der Waals surface area contributed by atoms with E-state index in [0.29, 0.717) is 12.5 Å². The monoisotopic (exact) mass is 213 g/mol. The van der Waals surface area contributed by atoms with Gasteiger partial charge in [0.25, 0.3) is 0 Å². The van der Waals surface area contributed by atoms with Crippen LogP contribution in [0.25, 0.3) is 0 Å². The minimum absolute atomic E-state index is 0.208. The second kappa shape index (κ2) is 4.90. The lowest BCUT2D eigenvalue weighted by molar-refractivity contribution is 0.682. The minimum atomic E-state index is 0.208. The van der Waals surface area contributed by atoms with E-state index in [1.807, 2.05) is 0 Å². The Balaban J connectivity index is 2.61. The van der Waals surface area contributed by atoms with Crippen molar-refractivity contribution < 1.29 is 0 Å². The minimum Gasteiger partial charge on any atom is -0.388 e. The fourth-order valence-corrected chi connectivity index (χ4v) is 1.83. The first-order chi connectivity index (χ1) is 6.61. The van der Waals surface area contributed by atoms with Gasteiger partial charge in [0.1, 0.15) is 5.51 Å². The maximum absolute atomic E-state index is 7.17. The van der Waals surface area contributed by atoms with Crippen LogP contribution in [0.5, 0.6) is 0 Å². The van der Waals surface area contributed by atoms with Gasteiger partial charge in [0, 0.05) is 19.0 Å². The summed E-state index contributed by atoms with van der Waals surface area (Å²) in [6, 6.07) is 0.349. The maximum atomic E-state index is 7.17. The number of hydrogen-bond acceptors (Lipinski definition) is 5. The summed E-state index contributed by atoms with van der Waals surface area (Å²) in [5, 5.41) is 15.9. The molecule has 0 saturated heterocycles.